The molecule has 1 aromatic carbocycles. The molecule has 1 fully saturated rings. The Morgan fingerprint density at radius 2 is 1.96 bits per heavy atom. The Bertz CT molecular complexity index is 464. The van der Waals surface area contributed by atoms with Gasteiger partial charge in [-0.05, 0) is 52.0 Å². The second-order valence-electron chi connectivity index (χ2n) is 6.47. The number of nitrogens with two attached hydrogens (primary N) is 1. The van der Waals surface area contributed by atoms with Gasteiger partial charge in [0, 0.05) is 19.1 Å². The average molecular weight is 317 g/mol. The van der Waals surface area contributed by atoms with Gasteiger partial charge in [0.25, 0.3) is 0 Å². The summed E-state index contributed by atoms with van der Waals surface area (Å²) in [6.07, 6.45) is 3.47. The quantitative estimate of drug-likeness (QED) is 0.585. The van der Waals surface area contributed by atoms with Crippen molar-refractivity contribution in [3.63, 3.8) is 0 Å². The van der Waals surface area contributed by atoms with Crippen LogP contribution in [0.5, 0.6) is 0 Å². The molecule has 23 heavy (non-hydrogen) atoms. The van der Waals surface area contributed by atoms with Crippen molar-refractivity contribution in [2.75, 3.05) is 46.8 Å². The van der Waals surface area contributed by atoms with E-state index in [9.17, 15) is 0 Å². The topological polar surface area (TPSA) is 56.9 Å². The minimum atomic E-state index is 0.559. The smallest absolute Gasteiger partial charge is 0.188 e. The molecule has 1 aliphatic heterocycles. The van der Waals surface area contributed by atoms with Crippen molar-refractivity contribution in [2.45, 2.75) is 25.3 Å². The van der Waals surface area contributed by atoms with Crippen molar-refractivity contribution < 1.29 is 0 Å². The number of likely N-dealkylation sites (tertiary alicyclic amines) is 1. The first kappa shape index (κ1) is 17.8. The molecule has 1 aliphatic rings. The summed E-state index contributed by atoms with van der Waals surface area (Å²) in [7, 11) is 4.35. The number of nitrogens with one attached hydrogen (secondary N) is 1. The number of aliphatic imine (C=N–C) groups is 1. The van der Waals surface area contributed by atoms with Crippen LogP contribution in [0.15, 0.2) is 35.3 Å². The van der Waals surface area contributed by atoms with E-state index in [-0.39, 0.29) is 0 Å². The summed E-state index contributed by atoms with van der Waals surface area (Å²) in [4.78, 5) is 9.26. The molecule has 0 atom stereocenters. The van der Waals surface area contributed by atoms with Crippen molar-refractivity contribution >= 4 is 5.96 Å². The molecule has 0 spiro atoms. The zero-order chi connectivity index (χ0) is 16.5. The first-order valence-electron chi connectivity index (χ1n) is 8.61. The number of nitrogens with zero attached hydrogens (tertiary/aromatic N) is 3. The molecule has 5 nitrogen and oxygen atoms in total. The van der Waals surface area contributed by atoms with Crippen LogP contribution in [-0.2, 0) is 6.42 Å². The lowest BCUT2D eigenvalue weighted by molar-refractivity contribution is 0.148. The van der Waals surface area contributed by atoms with Crippen molar-refractivity contribution in [1.82, 2.24) is 15.1 Å². The largest absolute Gasteiger partial charge is 0.370 e. The Labute approximate surface area is 140 Å². The molecule has 1 heterocycles. The molecule has 0 aliphatic carbocycles. The number of benzene rings is 1. The van der Waals surface area contributed by atoms with Crippen molar-refractivity contribution in [3.8, 4) is 0 Å². The average Bonchev–Trinajstić information content (AvgIpc) is 2.56. The van der Waals surface area contributed by atoms with Gasteiger partial charge in [-0.1, -0.05) is 30.3 Å². The highest BCUT2D eigenvalue weighted by Gasteiger charge is 2.19. The van der Waals surface area contributed by atoms with Crippen LogP contribution in [0.2, 0.25) is 0 Å². The zero-order valence-corrected chi connectivity index (χ0v) is 14.5. The molecule has 0 bridgehead atoms. The van der Waals surface area contributed by atoms with Gasteiger partial charge >= 0.3 is 0 Å². The summed E-state index contributed by atoms with van der Waals surface area (Å²) in [5, 5.41) is 3.19. The molecule has 0 saturated carbocycles. The lowest BCUT2D eigenvalue weighted by Gasteiger charge is -2.34. The fraction of sp³-hybridized carbons (Fsp3) is 0.611. The Balaban J connectivity index is 1.58. The molecule has 1 saturated heterocycles. The Hall–Kier alpha value is -1.59. The van der Waals surface area contributed by atoms with Crippen molar-refractivity contribution in [2.24, 2.45) is 10.7 Å². The molecule has 1 aromatic rings. The second-order valence-corrected chi connectivity index (χ2v) is 6.47. The number of hydrogen-bond acceptors (Lipinski definition) is 3. The summed E-state index contributed by atoms with van der Waals surface area (Å²) >= 11 is 0. The Morgan fingerprint density at radius 3 is 2.61 bits per heavy atom. The van der Waals surface area contributed by atoms with E-state index in [0.29, 0.717) is 5.96 Å². The number of guanidine groups is 1. The van der Waals surface area contributed by atoms with Gasteiger partial charge < -0.3 is 20.9 Å². The summed E-state index contributed by atoms with van der Waals surface area (Å²) in [6.45, 7) is 4.94. The third kappa shape index (κ3) is 6.59. The summed E-state index contributed by atoms with van der Waals surface area (Å²) in [5.41, 5.74) is 7.25. The van der Waals surface area contributed by atoms with E-state index in [1.807, 2.05) is 6.07 Å². The Morgan fingerprint density at radius 1 is 1.26 bits per heavy atom. The summed E-state index contributed by atoms with van der Waals surface area (Å²) < 4.78 is 0. The molecule has 0 unspecified atom stereocenters. The van der Waals surface area contributed by atoms with E-state index < -0.39 is 0 Å². The normalized spacial score (nSPS) is 17.6. The van der Waals surface area contributed by atoms with Crippen LogP contribution in [-0.4, -0.2) is 68.6 Å². The van der Waals surface area contributed by atoms with Gasteiger partial charge in [-0.3, -0.25) is 4.99 Å². The number of piperidine rings is 1. The molecule has 0 amide bonds. The van der Waals surface area contributed by atoms with Gasteiger partial charge in [0.15, 0.2) is 5.96 Å². The molecule has 5 heteroatoms. The summed E-state index contributed by atoms with van der Waals surface area (Å²) in [5.74, 6) is 0.559. The van der Waals surface area contributed by atoms with Crippen LogP contribution in [0.3, 0.4) is 0 Å². The van der Waals surface area contributed by atoms with Crippen LogP contribution < -0.4 is 11.1 Å². The first-order valence-corrected chi connectivity index (χ1v) is 8.61. The van der Waals surface area contributed by atoms with E-state index in [4.69, 9.17) is 5.73 Å². The highest BCUT2D eigenvalue weighted by atomic mass is 15.2. The Kier molecular flexibility index (Phi) is 7.36. The van der Waals surface area contributed by atoms with Crippen molar-refractivity contribution in [1.29, 1.82) is 0 Å². The van der Waals surface area contributed by atoms with Gasteiger partial charge in [-0.25, -0.2) is 0 Å². The van der Waals surface area contributed by atoms with Crippen LogP contribution >= 0.6 is 0 Å². The fourth-order valence-electron chi connectivity index (χ4n) is 3.01. The third-order valence-corrected chi connectivity index (χ3v) is 4.55. The predicted octanol–water partition coefficient (Wildman–Crippen LogP) is 1.16. The molecule has 0 aromatic heterocycles. The fourth-order valence-corrected chi connectivity index (χ4v) is 3.01. The first-order chi connectivity index (χ1) is 11.1. The van der Waals surface area contributed by atoms with Gasteiger partial charge in [0.05, 0.1) is 6.54 Å². The van der Waals surface area contributed by atoms with E-state index >= 15 is 0 Å². The van der Waals surface area contributed by atoms with Crippen LogP contribution in [0.4, 0.5) is 0 Å². The zero-order valence-electron chi connectivity index (χ0n) is 14.5. The molecular formula is C18H31N5. The van der Waals surface area contributed by atoms with Gasteiger partial charge in [-0.15, -0.1) is 0 Å². The molecule has 2 rings (SSSR count). The van der Waals surface area contributed by atoms with Crippen LogP contribution in [0.1, 0.15) is 18.4 Å². The summed E-state index contributed by atoms with van der Waals surface area (Å²) in [6, 6.07) is 11.2. The second kappa shape index (κ2) is 9.53. The van der Waals surface area contributed by atoms with E-state index in [0.717, 1.165) is 32.1 Å². The van der Waals surface area contributed by atoms with E-state index in [2.05, 4.69) is 58.5 Å². The minimum Gasteiger partial charge on any atom is -0.370 e. The third-order valence-electron chi connectivity index (χ3n) is 4.55. The van der Waals surface area contributed by atoms with E-state index in [1.54, 1.807) is 0 Å². The highest BCUT2D eigenvalue weighted by Crippen LogP contribution is 2.13. The maximum absolute atomic E-state index is 5.93. The van der Waals surface area contributed by atoms with Crippen LogP contribution in [0, 0.1) is 0 Å². The van der Waals surface area contributed by atoms with E-state index in [1.165, 1.54) is 31.5 Å². The number of rotatable bonds is 7. The van der Waals surface area contributed by atoms with Gasteiger partial charge in [0.2, 0.25) is 0 Å². The maximum atomic E-state index is 5.93. The van der Waals surface area contributed by atoms with Gasteiger partial charge in [-0.2, -0.15) is 0 Å². The maximum Gasteiger partial charge on any atom is 0.188 e. The molecule has 3 N–H and O–H groups in total. The molecule has 128 valence electrons. The number of hydrogen-bond donors (Lipinski definition) is 2. The van der Waals surface area contributed by atoms with Crippen molar-refractivity contribution in [3.05, 3.63) is 35.9 Å². The van der Waals surface area contributed by atoms with Gasteiger partial charge in [0.1, 0.15) is 0 Å². The lowest BCUT2D eigenvalue weighted by atomic mass is 10.0. The SMILES string of the molecule is CN(C)C1CCN(CCN=C(N)NCCc2ccccc2)CC1. The standard InChI is InChI=1S/C18H31N5/c1-22(2)17-9-13-23(14-10-17)15-12-21-18(19)20-11-8-16-6-4-3-5-7-16/h3-7,17H,8-15H2,1-2H3,(H3,19,20,21). The minimum absolute atomic E-state index is 0.559. The molecule has 0 radical (unpaired) electrons. The monoisotopic (exact) mass is 317 g/mol. The highest BCUT2D eigenvalue weighted by molar-refractivity contribution is 5.77. The van der Waals surface area contributed by atoms with Crippen LogP contribution in [0.25, 0.3) is 0 Å². The predicted molar refractivity (Wildman–Crippen MR) is 97.8 cm³/mol. The lowest BCUT2D eigenvalue weighted by Crippen LogP contribution is -2.43. The molecular weight excluding hydrogens is 286 g/mol.